The Balaban J connectivity index is 2.28. The van der Waals surface area contributed by atoms with Crippen molar-refractivity contribution in [1.82, 2.24) is 0 Å². The molecule has 1 aromatic carbocycles. The van der Waals surface area contributed by atoms with Crippen LogP contribution in [0.1, 0.15) is 18.9 Å². The SMILES string of the molecule is CC1=CCC(c2ccc(F)cc2)=N1. The Bertz CT molecular complexity index is 374. The van der Waals surface area contributed by atoms with Crippen LogP contribution in [0.15, 0.2) is 41.0 Å². The third-order valence-electron chi connectivity index (χ3n) is 2.08. The van der Waals surface area contributed by atoms with Gasteiger partial charge in [0.1, 0.15) is 5.82 Å². The third-order valence-corrected chi connectivity index (χ3v) is 2.08. The van der Waals surface area contributed by atoms with E-state index in [0.29, 0.717) is 0 Å². The number of allylic oxidation sites excluding steroid dienone is 2. The summed E-state index contributed by atoms with van der Waals surface area (Å²) in [6.07, 6.45) is 2.93. The number of halogens is 1. The molecule has 13 heavy (non-hydrogen) atoms. The molecule has 0 atom stereocenters. The van der Waals surface area contributed by atoms with Crippen LogP contribution in [0.5, 0.6) is 0 Å². The fourth-order valence-corrected chi connectivity index (χ4v) is 1.37. The number of aliphatic imine (C=N–C) groups is 1. The molecular formula is C11H10FN. The minimum Gasteiger partial charge on any atom is -0.258 e. The smallest absolute Gasteiger partial charge is 0.123 e. The van der Waals surface area contributed by atoms with E-state index in [1.54, 1.807) is 12.1 Å². The van der Waals surface area contributed by atoms with E-state index in [1.807, 2.05) is 6.92 Å². The van der Waals surface area contributed by atoms with Crippen LogP contribution in [0.2, 0.25) is 0 Å². The Labute approximate surface area is 76.6 Å². The standard InChI is InChI=1S/C11H10FN/c1-8-2-7-11(13-8)9-3-5-10(12)6-4-9/h2-6H,7H2,1H3. The molecule has 1 nitrogen and oxygen atoms in total. The molecule has 1 heterocycles. The van der Waals surface area contributed by atoms with Crippen molar-refractivity contribution in [2.45, 2.75) is 13.3 Å². The van der Waals surface area contributed by atoms with Crippen molar-refractivity contribution in [3.05, 3.63) is 47.4 Å². The van der Waals surface area contributed by atoms with Gasteiger partial charge in [0.15, 0.2) is 0 Å². The van der Waals surface area contributed by atoms with E-state index in [0.717, 1.165) is 23.4 Å². The zero-order chi connectivity index (χ0) is 9.26. The van der Waals surface area contributed by atoms with Crippen LogP contribution >= 0.6 is 0 Å². The Morgan fingerprint density at radius 3 is 2.46 bits per heavy atom. The number of nitrogens with zero attached hydrogens (tertiary/aromatic N) is 1. The molecule has 1 aromatic rings. The summed E-state index contributed by atoms with van der Waals surface area (Å²) in [5.74, 6) is -0.202. The third kappa shape index (κ3) is 1.66. The van der Waals surface area contributed by atoms with Crippen molar-refractivity contribution in [2.24, 2.45) is 4.99 Å². The molecule has 1 aliphatic heterocycles. The highest BCUT2D eigenvalue weighted by molar-refractivity contribution is 6.03. The van der Waals surface area contributed by atoms with Gasteiger partial charge < -0.3 is 0 Å². The van der Waals surface area contributed by atoms with Gasteiger partial charge in [-0.25, -0.2) is 4.39 Å². The molecule has 0 fully saturated rings. The van der Waals surface area contributed by atoms with Gasteiger partial charge in [0.05, 0.1) is 5.71 Å². The monoisotopic (exact) mass is 175 g/mol. The minimum absolute atomic E-state index is 0.202. The zero-order valence-corrected chi connectivity index (χ0v) is 7.42. The first kappa shape index (κ1) is 8.17. The molecule has 0 unspecified atom stereocenters. The molecule has 66 valence electrons. The first-order valence-electron chi connectivity index (χ1n) is 4.26. The average molecular weight is 175 g/mol. The minimum atomic E-state index is -0.202. The van der Waals surface area contributed by atoms with Gasteiger partial charge in [-0.15, -0.1) is 0 Å². The number of hydrogen-bond donors (Lipinski definition) is 0. The second kappa shape index (κ2) is 3.13. The summed E-state index contributed by atoms with van der Waals surface area (Å²) in [6, 6.07) is 6.46. The maximum absolute atomic E-state index is 12.6. The average Bonchev–Trinajstić information content (AvgIpc) is 2.53. The van der Waals surface area contributed by atoms with Crippen LogP contribution in [-0.4, -0.2) is 5.71 Å². The van der Waals surface area contributed by atoms with Crippen LogP contribution < -0.4 is 0 Å². The van der Waals surface area contributed by atoms with Crippen LogP contribution in [0, 0.1) is 5.82 Å². The largest absolute Gasteiger partial charge is 0.258 e. The molecule has 0 saturated heterocycles. The van der Waals surface area contributed by atoms with E-state index >= 15 is 0 Å². The van der Waals surface area contributed by atoms with Crippen molar-refractivity contribution >= 4 is 5.71 Å². The van der Waals surface area contributed by atoms with Gasteiger partial charge >= 0.3 is 0 Å². The Hall–Kier alpha value is -1.44. The van der Waals surface area contributed by atoms with Gasteiger partial charge in [-0.05, 0) is 24.6 Å². The van der Waals surface area contributed by atoms with E-state index in [9.17, 15) is 4.39 Å². The summed E-state index contributed by atoms with van der Waals surface area (Å²) in [7, 11) is 0. The lowest BCUT2D eigenvalue weighted by Gasteiger charge is -1.98. The molecule has 0 radical (unpaired) electrons. The quantitative estimate of drug-likeness (QED) is 0.622. The molecule has 0 spiro atoms. The van der Waals surface area contributed by atoms with Crippen molar-refractivity contribution in [2.75, 3.05) is 0 Å². The summed E-state index contributed by atoms with van der Waals surface area (Å²) in [4.78, 5) is 4.34. The first-order valence-corrected chi connectivity index (χ1v) is 4.26. The molecule has 2 heteroatoms. The number of hydrogen-bond acceptors (Lipinski definition) is 1. The lowest BCUT2D eigenvalue weighted by Crippen LogP contribution is -1.95. The fraction of sp³-hybridized carbons (Fsp3) is 0.182. The molecule has 2 rings (SSSR count). The van der Waals surface area contributed by atoms with Crippen molar-refractivity contribution in [3.63, 3.8) is 0 Å². The molecule has 0 aliphatic carbocycles. The lowest BCUT2D eigenvalue weighted by atomic mass is 10.1. The Morgan fingerprint density at radius 2 is 1.92 bits per heavy atom. The maximum Gasteiger partial charge on any atom is 0.123 e. The van der Waals surface area contributed by atoms with E-state index in [2.05, 4.69) is 11.1 Å². The topological polar surface area (TPSA) is 12.4 Å². The summed E-state index contributed by atoms with van der Waals surface area (Å²) >= 11 is 0. The summed E-state index contributed by atoms with van der Waals surface area (Å²) in [5, 5.41) is 0. The molecule has 0 saturated carbocycles. The molecule has 0 bridgehead atoms. The normalized spacial score (nSPS) is 15.5. The molecule has 0 aromatic heterocycles. The van der Waals surface area contributed by atoms with Crippen LogP contribution in [0.3, 0.4) is 0 Å². The van der Waals surface area contributed by atoms with Crippen LogP contribution in [0.4, 0.5) is 4.39 Å². The van der Waals surface area contributed by atoms with Gasteiger partial charge in [-0.3, -0.25) is 4.99 Å². The fourth-order valence-electron chi connectivity index (χ4n) is 1.37. The summed E-state index contributed by atoms with van der Waals surface area (Å²) in [6.45, 7) is 1.97. The van der Waals surface area contributed by atoms with Crippen molar-refractivity contribution in [3.8, 4) is 0 Å². The Morgan fingerprint density at radius 1 is 1.23 bits per heavy atom. The lowest BCUT2D eigenvalue weighted by molar-refractivity contribution is 0.628. The van der Waals surface area contributed by atoms with Crippen molar-refractivity contribution in [1.29, 1.82) is 0 Å². The van der Waals surface area contributed by atoms with Gasteiger partial charge in [0, 0.05) is 12.1 Å². The van der Waals surface area contributed by atoms with E-state index < -0.39 is 0 Å². The van der Waals surface area contributed by atoms with Gasteiger partial charge in [-0.2, -0.15) is 0 Å². The predicted molar refractivity (Wildman–Crippen MR) is 51.3 cm³/mol. The van der Waals surface area contributed by atoms with Gasteiger partial charge in [-0.1, -0.05) is 18.2 Å². The highest BCUT2D eigenvalue weighted by Gasteiger charge is 2.07. The number of rotatable bonds is 1. The van der Waals surface area contributed by atoms with Crippen LogP contribution in [0.25, 0.3) is 0 Å². The summed E-state index contributed by atoms with van der Waals surface area (Å²) in [5.41, 5.74) is 3.08. The molecular weight excluding hydrogens is 165 g/mol. The van der Waals surface area contributed by atoms with Crippen molar-refractivity contribution < 1.29 is 4.39 Å². The highest BCUT2D eigenvalue weighted by Crippen LogP contribution is 2.15. The summed E-state index contributed by atoms with van der Waals surface area (Å²) < 4.78 is 12.6. The van der Waals surface area contributed by atoms with E-state index in [1.165, 1.54) is 12.1 Å². The molecule has 0 N–H and O–H groups in total. The van der Waals surface area contributed by atoms with Gasteiger partial charge in [0.25, 0.3) is 0 Å². The van der Waals surface area contributed by atoms with E-state index in [-0.39, 0.29) is 5.82 Å². The van der Waals surface area contributed by atoms with Crippen LogP contribution in [-0.2, 0) is 0 Å². The first-order chi connectivity index (χ1) is 6.25. The molecule has 1 aliphatic rings. The second-order valence-electron chi connectivity index (χ2n) is 3.12. The Kier molecular flexibility index (Phi) is 1.97. The maximum atomic E-state index is 12.6. The highest BCUT2D eigenvalue weighted by atomic mass is 19.1. The van der Waals surface area contributed by atoms with E-state index in [4.69, 9.17) is 0 Å². The zero-order valence-electron chi connectivity index (χ0n) is 7.42. The number of benzene rings is 1. The predicted octanol–water partition coefficient (Wildman–Crippen LogP) is 2.92. The second-order valence-corrected chi connectivity index (χ2v) is 3.12. The van der Waals surface area contributed by atoms with Gasteiger partial charge in [0.2, 0.25) is 0 Å². The molecule has 0 amide bonds.